The molecule has 1 aliphatic rings. The van der Waals surface area contributed by atoms with Crippen molar-refractivity contribution in [2.24, 2.45) is 0 Å². The number of hydrogen-bond acceptors (Lipinski definition) is 4. The molecule has 0 bridgehead atoms. The monoisotopic (exact) mass is 378 g/mol. The van der Waals surface area contributed by atoms with Crippen LogP contribution in [-0.4, -0.2) is 45.6 Å². The molecule has 3 aromatic rings. The van der Waals surface area contributed by atoms with Gasteiger partial charge in [0, 0.05) is 25.3 Å². The van der Waals surface area contributed by atoms with Crippen LogP contribution in [0.2, 0.25) is 0 Å². The molecule has 7 nitrogen and oxygen atoms in total. The van der Waals surface area contributed by atoms with Gasteiger partial charge in [-0.2, -0.15) is 5.10 Å². The van der Waals surface area contributed by atoms with Crippen molar-refractivity contribution in [2.45, 2.75) is 25.4 Å². The molecule has 2 aromatic heterocycles. The minimum Gasteiger partial charge on any atom is -0.472 e. The lowest BCUT2D eigenvalue weighted by Crippen LogP contribution is -2.46. The lowest BCUT2D eigenvalue weighted by molar-refractivity contribution is 0.0697. The number of nitrogens with zero attached hydrogens (tertiary/aromatic N) is 3. The predicted molar refractivity (Wildman–Crippen MR) is 103 cm³/mol. The highest BCUT2D eigenvalue weighted by molar-refractivity contribution is 5.94. The highest BCUT2D eigenvalue weighted by Gasteiger charge is 2.25. The number of aromatic nitrogens is 2. The molecule has 1 aliphatic heterocycles. The van der Waals surface area contributed by atoms with E-state index in [1.807, 2.05) is 30.3 Å². The van der Waals surface area contributed by atoms with E-state index < -0.39 is 0 Å². The molecule has 0 radical (unpaired) electrons. The van der Waals surface area contributed by atoms with Gasteiger partial charge in [-0.05, 0) is 24.5 Å². The SMILES string of the molecule is O=C(NC1CCN(C(=O)c2ccoc2)CC1)c1cnn(Cc2ccccc2)c1. The Morgan fingerprint density at radius 2 is 1.89 bits per heavy atom. The molecular weight excluding hydrogens is 356 g/mol. The summed E-state index contributed by atoms with van der Waals surface area (Å²) in [6, 6.07) is 11.7. The van der Waals surface area contributed by atoms with E-state index in [0.717, 1.165) is 18.4 Å². The third-order valence-electron chi connectivity index (χ3n) is 4.97. The van der Waals surface area contributed by atoms with Crippen LogP contribution in [0.5, 0.6) is 0 Å². The number of piperidine rings is 1. The van der Waals surface area contributed by atoms with Gasteiger partial charge in [-0.3, -0.25) is 14.3 Å². The Hall–Kier alpha value is -3.35. The molecule has 1 fully saturated rings. The van der Waals surface area contributed by atoms with Crippen LogP contribution >= 0.6 is 0 Å². The van der Waals surface area contributed by atoms with Crippen LogP contribution in [0.25, 0.3) is 0 Å². The Morgan fingerprint density at radius 1 is 1.11 bits per heavy atom. The van der Waals surface area contributed by atoms with Crippen molar-refractivity contribution in [1.29, 1.82) is 0 Å². The first-order chi connectivity index (χ1) is 13.7. The van der Waals surface area contributed by atoms with E-state index in [-0.39, 0.29) is 17.9 Å². The Bertz CT molecular complexity index is 926. The minimum absolute atomic E-state index is 0.0271. The van der Waals surface area contributed by atoms with E-state index in [2.05, 4.69) is 10.4 Å². The Kier molecular flexibility index (Phi) is 5.23. The maximum atomic E-state index is 12.5. The van der Waals surface area contributed by atoms with Crippen molar-refractivity contribution >= 4 is 11.8 Å². The third kappa shape index (κ3) is 4.14. The van der Waals surface area contributed by atoms with Crippen LogP contribution in [0.4, 0.5) is 0 Å². The lowest BCUT2D eigenvalue weighted by atomic mass is 10.0. The summed E-state index contributed by atoms with van der Waals surface area (Å²) in [5.41, 5.74) is 2.24. The molecule has 1 N–H and O–H groups in total. The highest BCUT2D eigenvalue weighted by atomic mass is 16.3. The van der Waals surface area contributed by atoms with Crippen molar-refractivity contribution in [2.75, 3.05) is 13.1 Å². The molecule has 2 amide bonds. The van der Waals surface area contributed by atoms with Crippen LogP contribution in [0.1, 0.15) is 39.1 Å². The fraction of sp³-hybridized carbons (Fsp3) is 0.286. The number of likely N-dealkylation sites (tertiary alicyclic amines) is 1. The minimum atomic E-state index is -0.126. The quantitative estimate of drug-likeness (QED) is 0.740. The second-order valence-corrected chi connectivity index (χ2v) is 6.96. The molecule has 144 valence electrons. The van der Waals surface area contributed by atoms with Crippen LogP contribution in [0.15, 0.2) is 65.7 Å². The summed E-state index contributed by atoms with van der Waals surface area (Å²) in [6.45, 7) is 1.85. The largest absolute Gasteiger partial charge is 0.472 e. The molecule has 0 unspecified atom stereocenters. The summed E-state index contributed by atoms with van der Waals surface area (Å²) in [4.78, 5) is 26.7. The van der Waals surface area contributed by atoms with Gasteiger partial charge in [0.05, 0.1) is 30.1 Å². The number of furan rings is 1. The van der Waals surface area contributed by atoms with E-state index in [0.29, 0.717) is 30.8 Å². The molecule has 0 spiro atoms. The van der Waals surface area contributed by atoms with Gasteiger partial charge in [-0.15, -0.1) is 0 Å². The Labute approximate surface area is 162 Å². The smallest absolute Gasteiger partial charge is 0.257 e. The maximum Gasteiger partial charge on any atom is 0.257 e. The number of nitrogens with one attached hydrogen (secondary N) is 1. The van der Waals surface area contributed by atoms with Gasteiger partial charge in [0.2, 0.25) is 0 Å². The second kappa shape index (κ2) is 8.12. The zero-order valence-corrected chi connectivity index (χ0v) is 15.5. The summed E-state index contributed by atoms with van der Waals surface area (Å²) < 4.78 is 6.74. The van der Waals surface area contributed by atoms with Gasteiger partial charge in [0.15, 0.2) is 0 Å². The zero-order valence-electron chi connectivity index (χ0n) is 15.5. The van der Waals surface area contributed by atoms with Crippen molar-refractivity contribution in [3.63, 3.8) is 0 Å². The van der Waals surface area contributed by atoms with Crippen molar-refractivity contribution in [3.8, 4) is 0 Å². The fourth-order valence-electron chi connectivity index (χ4n) is 3.40. The number of carbonyl (C=O) groups excluding carboxylic acids is 2. The van der Waals surface area contributed by atoms with E-state index in [4.69, 9.17) is 4.42 Å². The first-order valence-corrected chi connectivity index (χ1v) is 9.38. The average Bonchev–Trinajstić information content (AvgIpc) is 3.41. The highest BCUT2D eigenvalue weighted by Crippen LogP contribution is 2.15. The van der Waals surface area contributed by atoms with Gasteiger partial charge >= 0.3 is 0 Å². The molecule has 3 heterocycles. The van der Waals surface area contributed by atoms with Gasteiger partial charge < -0.3 is 14.6 Å². The predicted octanol–water partition coefficient (Wildman–Crippen LogP) is 2.56. The maximum absolute atomic E-state index is 12.5. The summed E-state index contributed by atoms with van der Waals surface area (Å²) >= 11 is 0. The number of rotatable bonds is 5. The van der Waals surface area contributed by atoms with Crippen LogP contribution in [0, 0.1) is 0 Å². The van der Waals surface area contributed by atoms with E-state index in [1.54, 1.807) is 28.0 Å². The average molecular weight is 378 g/mol. The van der Waals surface area contributed by atoms with Gasteiger partial charge in [0.1, 0.15) is 6.26 Å². The second-order valence-electron chi connectivity index (χ2n) is 6.96. The third-order valence-corrected chi connectivity index (χ3v) is 4.97. The lowest BCUT2D eigenvalue weighted by Gasteiger charge is -2.32. The van der Waals surface area contributed by atoms with Gasteiger partial charge in [0.25, 0.3) is 11.8 Å². The van der Waals surface area contributed by atoms with Crippen molar-refractivity contribution in [3.05, 3.63) is 78.0 Å². The summed E-state index contributed by atoms with van der Waals surface area (Å²) in [7, 11) is 0. The van der Waals surface area contributed by atoms with Crippen LogP contribution in [-0.2, 0) is 6.54 Å². The normalized spacial score (nSPS) is 14.8. The molecular formula is C21H22N4O3. The Morgan fingerprint density at radius 3 is 2.61 bits per heavy atom. The molecule has 0 atom stereocenters. The zero-order chi connectivity index (χ0) is 19.3. The van der Waals surface area contributed by atoms with Gasteiger partial charge in [-0.25, -0.2) is 0 Å². The molecule has 4 rings (SSSR count). The van der Waals surface area contributed by atoms with Crippen molar-refractivity contribution < 1.29 is 14.0 Å². The molecule has 0 saturated carbocycles. The van der Waals surface area contributed by atoms with E-state index >= 15 is 0 Å². The topological polar surface area (TPSA) is 80.4 Å². The molecule has 1 aromatic carbocycles. The van der Waals surface area contributed by atoms with Crippen LogP contribution < -0.4 is 5.32 Å². The van der Waals surface area contributed by atoms with Gasteiger partial charge in [-0.1, -0.05) is 30.3 Å². The number of benzene rings is 1. The molecule has 7 heteroatoms. The number of amides is 2. The molecule has 0 aliphatic carbocycles. The van der Waals surface area contributed by atoms with Crippen LogP contribution in [0.3, 0.4) is 0 Å². The first-order valence-electron chi connectivity index (χ1n) is 9.38. The summed E-state index contributed by atoms with van der Waals surface area (Å²) in [6.07, 6.45) is 7.78. The summed E-state index contributed by atoms with van der Waals surface area (Å²) in [5.74, 6) is -0.153. The number of carbonyl (C=O) groups is 2. The molecule has 28 heavy (non-hydrogen) atoms. The van der Waals surface area contributed by atoms with Crippen molar-refractivity contribution in [1.82, 2.24) is 20.0 Å². The summed E-state index contributed by atoms with van der Waals surface area (Å²) in [5, 5.41) is 7.34. The standard InChI is InChI=1S/C21H22N4O3/c26-20(18-12-22-25(14-18)13-16-4-2-1-3-5-16)23-19-6-9-24(10-7-19)21(27)17-8-11-28-15-17/h1-5,8,11-12,14-15,19H,6-7,9-10,13H2,(H,23,26). The van der Waals surface area contributed by atoms with E-state index in [1.165, 1.54) is 12.5 Å². The number of hydrogen-bond donors (Lipinski definition) is 1. The Balaban J connectivity index is 1.28. The molecule has 1 saturated heterocycles. The van der Waals surface area contributed by atoms with E-state index in [9.17, 15) is 9.59 Å². The fourth-order valence-corrected chi connectivity index (χ4v) is 3.40. The first kappa shape index (κ1) is 18.0.